The normalized spacial score (nSPS) is 16.9. The highest BCUT2D eigenvalue weighted by molar-refractivity contribution is 5.92. The van der Waals surface area contributed by atoms with Crippen LogP contribution in [0.5, 0.6) is 11.5 Å². The van der Waals surface area contributed by atoms with Crippen LogP contribution in [0.1, 0.15) is 16.7 Å². The third-order valence-electron chi connectivity index (χ3n) is 9.93. The lowest BCUT2D eigenvalue weighted by Gasteiger charge is -2.46. The fraction of sp³-hybridized carbons (Fsp3) is 0.341. The minimum atomic E-state index is -0.900. The van der Waals surface area contributed by atoms with Crippen molar-refractivity contribution >= 4 is 34.7 Å². The molecule has 2 heterocycles. The van der Waals surface area contributed by atoms with Crippen LogP contribution >= 0.6 is 0 Å². The molecule has 4 aromatic carbocycles. The molecule has 0 unspecified atom stereocenters. The van der Waals surface area contributed by atoms with E-state index in [0.717, 1.165) is 27.5 Å². The second kappa shape index (κ2) is 17.3. The summed E-state index contributed by atoms with van der Waals surface area (Å²) in [5.74, 6) is 0.482. The summed E-state index contributed by atoms with van der Waals surface area (Å²) in [5.41, 5.74) is 2.52. The average Bonchev–Trinajstić information content (AvgIpc) is 3.52. The van der Waals surface area contributed by atoms with Crippen molar-refractivity contribution in [3.8, 4) is 17.6 Å². The Morgan fingerprint density at radius 2 is 1.58 bits per heavy atom. The lowest BCUT2D eigenvalue weighted by atomic mass is 9.99. The number of urea groups is 1. The van der Waals surface area contributed by atoms with Crippen LogP contribution in [0.25, 0.3) is 10.8 Å². The summed E-state index contributed by atoms with van der Waals surface area (Å²) in [4.78, 5) is 61.5. The van der Waals surface area contributed by atoms with Crippen molar-refractivity contribution in [3.05, 3.63) is 108 Å². The number of carbonyl (C=O) groups is 4. The molecule has 0 radical (unpaired) electrons. The zero-order valence-electron chi connectivity index (χ0n) is 31.6. The van der Waals surface area contributed by atoms with Gasteiger partial charge >= 0.3 is 12.1 Å². The Hall–Kier alpha value is -6.17. The number of nitrogens with one attached hydrogen (secondary N) is 1. The number of nitrogens with zero attached hydrogens (tertiary/aromatic N) is 7. The smallest absolute Gasteiger partial charge is 0.415 e. The molecule has 286 valence electrons. The van der Waals surface area contributed by atoms with Crippen molar-refractivity contribution in [3.63, 3.8) is 0 Å². The number of hydrazine groups is 1. The van der Waals surface area contributed by atoms with Gasteiger partial charge in [-0.2, -0.15) is 10.3 Å². The molecule has 2 aliphatic heterocycles. The van der Waals surface area contributed by atoms with Crippen molar-refractivity contribution in [1.82, 2.24) is 34.9 Å². The highest BCUT2D eigenvalue weighted by atomic mass is 16.6. The third kappa shape index (κ3) is 8.97. The first-order valence-electron chi connectivity index (χ1n) is 18.1. The molecular formula is C41H46N8O6. The SMILES string of the molecule is COc1ccc(CNC(=O)N(CC#N)N2CC(=O)N3[C@@H](Cc4ccc(OC(=O)N(C)CCN(C)C)cc4)C(=O)N(Cc4cccc5ccccc45)C[C@@H]32)cc1. The van der Waals surface area contributed by atoms with Gasteiger partial charge in [-0.15, -0.1) is 0 Å². The van der Waals surface area contributed by atoms with E-state index >= 15 is 0 Å². The molecular weight excluding hydrogens is 701 g/mol. The minimum Gasteiger partial charge on any atom is -0.497 e. The largest absolute Gasteiger partial charge is 0.497 e. The lowest BCUT2D eigenvalue weighted by Crippen LogP contribution is -2.66. The van der Waals surface area contributed by atoms with Crippen molar-refractivity contribution in [2.75, 3.05) is 61.0 Å². The van der Waals surface area contributed by atoms with Gasteiger partial charge in [0.1, 0.15) is 30.3 Å². The Morgan fingerprint density at radius 1 is 0.891 bits per heavy atom. The van der Waals surface area contributed by atoms with Crippen LogP contribution in [-0.2, 0) is 29.1 Å². The van der Waals surface area contributed by atoms with Crippen LogP contribution in [0, 0.1) is 11.3 Å². The van der Waals surface area contributed by atoms with Crippen LogP contribution in [0.4, 0.5) is 9.59 Å². The molecule has 2 saturated heterocycles. The molecule has 4 aromatic rings. The second-order valence-electron chi connectivity index (χ2n) is 13.9. The monoisotopic (exact) mass is 746 g/mol. The summed E-state index contributed by atoms with van der Waals surface area (Å²) in [6.07, 6.45) is -1.02. The van der Waals surface area contributed by atoms with Crippen LogP contribution < -0.4 is 14.8 Å². The number of hydrogen-bond donors (Lipinski definition) is 1. The van der Waals surface area contributed by atoms with Gasteiger partial charge in [0.25, 0.3) is 0 Å². The van der Waals surface area contributed by atoms with Gasteiger partial charge in [-0.05, 0) is 65.8 Å². The van der Waals surface area contributed by atoms with Crippen LogP contribution in [0.3, 0.4) is 0 Å². The predicted octanol–water partition coefficient (Wildman–Crippen LogP) is 3.91. The topological polar surface area (TPSA) is 142 Å². The van der Waals surface area contributed by atoms with Gasteiger partial charge in [-0.1, -0.05) is 66.7 Å². The maximum absolute atomic E-state index is 14.5. The molecule has 0 aliphatic carbocycles. The molecule has 14 heteroatoms. The summed E-state index contributed by atoms with van der Waals surface area (Å²) in [6.45, 7) is 1.28. The molecule has 2 fully saturated rings. The number of benzene rings is 4. The van der Waals surface area contributed by atoms with E-state index in [1.165, 1.54) is 9.91 Å². The van der Waals surface area contributed by atoms with E-state index in [2.05, 4.69) is 11.4 Å². The summed E-state index contributed by atoms with van der Waals surface area (Å²) >= 11 is 0. The molecule has 6 rings (SSSR count). The maximum atomic E-state index is 14.5. The number of rotatable bonds is 13. The molecule has 2 atom stereocenters. The molecule has 0 spiro atoms. The maximum Gasteiger partial charge on any atom is 0.415 e. The zero-order valence-corrected chi connectivity index (χ0v) is 31.6. The summed E-state index contributed by atoms with van der Waals surface area (Å²) in [5, 5.41) is 17.6. The molecule has 0 saturated carbocycles. The molecule has 0 aromatic heterocycles. The van der Waals surface area contributed by atoms with Crippen LogP contribution in [-0.4, -0.2) is 127 Å². The van der Waals surface area contributed by atoms with E-state index in [1.807, 2.05) is 73.6 Å². The third-order valence-corrected chi connectivity index (χ3v) is 9.93. The first-order chi connectivity index (χ1) is 26.6. The highest BCUT2D eigenvalue weighted by Crippen LogP contribution is 2.31. The van der Waals surface area contributed by atoms with Crippen molar-refractivity contribution in [2.45, 2.75) is 31.7 Å². The van der Waals surface area contributed by atoms with Gasteiger partial charge in [0.15, 0.2) is 0 Å². The summed E-state index contributed by atoms with van der Waals surface area (Å²) in [6, 6.07) is 28.7. The minimum absolute atomic E-state index is 0.119. The standard InChI is InChI=1S/C41H46N8O6/c1-44(2)22-23-45(3)41(53)55-34-18-12-29(13-19-34)24-36-39(51)46(26-32-10-7-9-31-8-5-6-11-35(31)32)27-37-48(28-38(50)49(36)37)47(21-20-42)40(52)43-25-30-14-16-33(54-4)17-15-30/h5-19,36-37H,21-28H2,1-4H3,(H,43,52)/t36-,37+/m0/s1. The second-order valence-corrected chi connectivity index (χ2v) is 13.9. The summed E-state index contributed by atoms with van der Waals surface area (Å²) in [7, 11) is 7.11. The Kier molecular flexibility index (Phi) is 12.1. The van der Waals surface area contributed by atoms with E-state index < -0.39 is 24.3 Å². The lowest BCUT2D eigenvalue weighted by molar-refractivity contribution is -0.157. The van der Waals surface area contributed by atoms with Gasteiger partial charge in [-0.25, -0.2) is 14.6 Å². The highest BCUT2D eigenvalue weighted by Gasteiger charge is 2.52. The molecule has 5 amide bonds. The van der Waals surface area contributed by atoms with E-state index in [1.54, 1.807) is 65.4 Å². The number of nitriles is 1. The van der Waals surface area contributed by atoms with Crippen molar-refractivity contribution in [2.24, 2.45) is 0 Å². The molecule has 2 aliphatic rings. The number of likely N-dealkylation sites (N-methyl/N-ethyl adjacent to an activating group) is 2. The quantitative estimate of drug-likeness (QED) is 0.202. The number of fused-ring (bicyclic) bond motifs is 2. The number of amides is 5. The fourth-order valence-electron chi connectivity index (χ4n) is 6.92. The number of carbonyl (C=O) groups excluding carboxylic acids is 4. The Labute approximate surface area is 320 Å². The molecule has 55 heavy (non-hydrogen) atoms. The van der Waals surface area contributed by atoms with Gasteiger partial charge < -0.3 is 34.4 Å². The Balaban J connectivity index is 1.25. The Morgan fingerprint density at radius 3 is 2.29 bits per heavy atom. The zero-order chi connectivity index (χ0) is 39.1. The van der Waals surface area contributed by atoms with Crippen LogP contribution in [0.15, 0.2) is 91.0 Å². The molecule has 0 bridgehead atoms. The average molecular weight is 747 g/mol. The first kappa shape index (κ1) is 38.6. The van der Waals surface area contributed by atoms with Crippen LogP contribution in [0.2, 0.25) is 0 Å². The summed E-state index contributed by atoms with van der Waals surface area (Å²) < 4.78 is 10.8. The fourth-order valence-corrected chi connectivity index (χ4v) is 6.92. The number of hydrogen-bond acceptors (Lipinski definition) is 9. The van der Waals surface area contributed by atoms with Crippen molar-refractivity contribution in [1.29, 1.82) is 5.26 Å². The molecule has 14 nitrogen and oxygen atoms in total. The van der Waals surface area contributed by atoms with E-state index in [0.29, 0.717) is 24.6 Å². The first-order valence-corrected chi connectivity index (χ1v) is 18.1. The van der Waals surface area contributed by atoms with Gasteiger partial charge in [0.05, 0.1) is 26.3 Å². The van der Waals surface area contributed by atoms with E-state index in [9.17, 15) is 24.4 Å². The van der Waals surface area contributed by atoms with Gasteiger partial charge in [0.2, 0.25) is 11.8 Å². The van der Waals surface area contributed by atoms with E-state index in [4.69, 9.17) is 9.47 Å². The molecule has 1 N–H and O–H groups in total. The Bertz CT molecular complexity index is 2050. The van der Waals surface area contributed by atoms with E-state index in [-0.39, 0.29) is 51.0 Å². The van der Waals surface area contributed by atoms with Gasteiger partial charge in [-0.3, -0.25) is 9.59 Å². The number of piperazine rings is 1. The number of methoxy groups -OCH3 is 1. The van der Waals surface area contributed by atoms with Gasteiger partial charge in [0, 0.05) is 39.6 Å². The van der Waals surface area contributed by atoms with Crippen molar-refractivity contribution < 1.29 is 28.7 Å². The predicted molar refractivity (Wildman–Crippen MR) is 205 cm³/mol. The number of ether oxygens (including phenoxy) is 2.